The van der Waals surface area contributed by atoms with E-state index >= 15 is 0 Å². The average molecular weight is 504 g/mol. The van der Waals surface area contributed by atoms with Crippen LogP contribution in [0, 0.1) is 4.64 Å². The number of benzene rings is 2. The third-order valence-electron chi connectivity index (χ3n) is 6.16. The number of aromatic amines is 1. The van der Waals surface area contributed by atoms with E-state index in [1.165, 1.54) is 6.20 Å². The molecule has 2 aromatic carbocycles. The summed E-state index contributed by atoms with van der Waals surface area (Å²) >= 11 is 5.50. The van der Waals surface area contributed by atoms with E-state index in [-0.39, 0.29) is 10.6 Å². The Kier molecular flexibility index (Phi) is 5.91. The van der Waals surface area contributed by atoms with Gasteiger partial charge in [0.05, 0.1) is 6.61 Å². The van der Waals surface area contributed by atoms with Gasteiger partial charge in [-0.25, -0.2) is 9.36 Å². The molecule has 2 heterocycles. The number of nitrogens with zero attached hydrogens (tertiary/aromatic N) is 1. The number of hydrogen-bond acceptors (Lipinski definition) is 7. The molecule has 2 aliphatic rings. The van der Waals surface area contributed by atoms with Crippen molar-refractivity contribution >= 4 is 20.0 Å². The lowest BCUT2D eigenvalue weighted by molar-refractivity contribution is -0.0543. The molecular weight excluding hydrogens is 483 g/mol. The lowest BCUT2D eigenvalue weighted by Gasteiger charge is -2.21. The van der Waals surface area contributed by atoms with Crippen molar-refractivity contribution in [3.63, 3.8) is 0 Å². The van der Waals surface area contributed by atoms with Gasteiger partial charge in [0.1, 0.15) is 23.0 Å². The topological polar surface area (TPSA) is 154 Å². The van der Waals surface area contributed by atoms with Crippen LogP contribution in [0.2, 0.25) is 0 Å². The first-order chi connectivity index (χ1) is 16.2. The van der Waals surface area contributed by atoms with Crippen molar-refractivity contribution in [2.75, 3.05) is 6.61 Å². The van der Waals surface area contributed by atoms with E-state index in [4.69, 9.17) is 26.7 Å². The molecule has 178 valence electrons. The molecule has 1 saturated heterocycles. The van der Waals surface area contributed by atoms with Gasteiger partial charge in [-0.2, -0.15) is 0 Å². The Labute approximate surface area is 198 Å². The zero-order chi connectivity index (χ0) is 24.2. The molecule has 0 spiro atoms. The summed E-state index contributed by atoms with van der Waals surface area (Å²) in [5, 5.41) is 20.9. The zero-order valence-corrected chi connectivity index (χ0v) is 19.2. The summed E-state index contributed by atoms with van der Waals surface area (Å²) in [6.07, 6.45) is -4.19. The van der Waals surface area contributed by atoms with Crippen LogP contribution in [0.4, 0.5) is 0 Å². The summed E-state index contributed by atoms with van der Waals surface area (Å²) in [6.45, 7) is -0.674. The Morgan fingerprint density at radius 2 is 1.59 bits per heavy atom. The largest absolute Gasteiger partial charge is 0.469 e. The lowest BCUT2D eigenvalue weighted by Crippen LogP contribution is -2.36. The van der Waals surface area contributed by atoms with Crippen molar-refractivity contribution in [1.82, 2.24) is 9.55 Å². The van der Waals surface area contributed by atoms with Crippen molar-refractivity contribution in [2.24, 2.45) is 0 Å². The van der Waals surface area contributed by atoms with Gasteiger partial charge in [-0.05, 0) is 22.3 Å². The van der Waals surface area contributed by atoms with Crippen LogP contribution in [0.1, 0.15) is 28.8 Å². The number of rotatable bonds is 5. The highest BCUT2D eigenvalue weighted by Gasteiger charge is 2.45. The first-order valence-electron chi connectivity index (χ1n) is 10.4. The molecule has 1 fully saturated rings. The average Bonchev–Trinajstić information content (AvgIpc) is 3.27. The number of aromatic nitrogens is 2. The van der Waals surface area contributed by atoms with E-state index in [0.29, 0.717) is 5.56 Å². The molecule has 34 heavy (non-hydrogen) atoms. The number of ether oxygens (including phenoxy) is 1. The van der Waals surface area contributed by atoms with Crippen molar-refractivity contribution in [3.05, 3.63) is 86.5 Å². The van der Waals surface area contributed by atoms with E-state index in [1.807, 2.05) is 48.5 Å². The zero-order valence-electron chi connectivity index (χ0n) is 17.5. The van der Waals surface area contributed by atoms with Gasteiger partial charge in [0.2, 0.25) is 0 Å². The van der Waals surface area contributed by atoms with Gasteiger partial charge in [-0.15, -0.1) is 0 Å². The Morgan fingerprint density at radius 1 is 1.00 bits per heavy atom. The van der Waals surface area contributed by atoms with Crippen LogP contribution in [-0.2, 0) is 13.8 Å². The molecule has 4 atom stereocenters. The minimum Gasteiger partial charge on any atom is -0.387 e. The smallest absolute Gasteiger partial charge is 0.387 e. The Balaban J connectivity index is 1.56. The highest BCUT2D eigenvalue weighted by molar-refractivity contribution is 7.71. The van der Waals surface area contributed by atoms with Crippen LogP contribution >= 0.6 is 20.0 Å². The SMILES string of the molecule is O=c1[nH]c(=S)c(C2c3ccccc3-c3ccccc32)cn1[C@@H]1O[C@H](COP(=O)(O)O)[C@@H](O)[C@H]1O. The maximum Gasteiger partial charge on any atom is 0.469 e. The maximum atomic E-state index is 12.8. The molecule has 0 bridgehead atoms. The van der Waals surface area contributed by atoms with E-state index in [2.05, 4.69) is 9.51 Å². The van der Waals surface area contributed by atoms with E-state index in [0.717, 1.165) is 26.8 Å². The van der Waals surface area contributed by atoms with Gasteiger partial charge in [-0.1, -0.05) is 60.7 Å². The van der Waals surface area contributed by atoms with E-state index in [9.17, 15) is 19.6 Å². The number of phosphoric ester groups is 1. The van der Waals surface area contributed by atoms with Crippen LogP contribution in [-0.4, -0.2) is 54.5 Å². The standard InChI is InChI=1S/C22H21N2O8PS/c25-18-16(10-31-33(28,29)30)32-21(19(18)26)24-9-15(20(34)23-22(24)27)17-13-7-3-1-5-11(13)12-6-2-4-8-14(12)17/h1-9,16-19,21,25-26H,10H2,(H,23,27,34)(H2,28,29,30)/t16-,18-,19-,21-/m1/s1. The van der Waals surface area contributed by atoms with E-state index < -0.39 is 44.7 Å². The summed E-state index contributed by atoms with van der Waals surface area (Å²) in [4.78, 5) is 33.2. The third kappa shape index (κ3) is 4.00. The van der Waals surface area contributed by atoms with Gasteiger partial charge in [0.15, 0.2) is 6.23 Å². The number of fused-ring (bicyclic) bond motifs is 3. The van der Waals surface area contributed by atoms with Gasteiger partial charge in [0.25, 0.3) is 0 Å². The Bertz CT molecular complexity index is 1370. The van der Waals surface area contributed by atoms with Crippen LogP contribution < -0.4 is 5.69 Å². The third-order valence-corrected chi connectivity index (χ3v) is 6.98. The molecule has 1 aliphatic carbocycles. The van der Waals surface area contributed by atoms with E-state index in [1.54, 1.807) is 0 Å². The lowest BCUT2D eigenvalue weighted by atomic mass is 9.91. The number of aliphatic hydroxyl groups is 2. The Hall–Kier alpha value is -2.47. The summed E-state index contributed by atoms with van der Waals surface area (Å²) < 4.78 is 22.3. The second kappa shape index (κ2) is 8.63. The highest BCUT2D eigenvalue weighted by atomic mass is 32.1. The van der Waals surface area contributed by atoms with Crippen LogP contribution in [0.25, 0.3) is 11.1 Å². The summed E-state index contributed by atoms with van der Waals surface area (Å²) in [5.41, 5.74) is 4.06. The fourth-order valence-electron chi connectivity index (χ4n) is 4.65. The van der Waals surface area contributed by atoms with Gasteiger partial charge >= 0.3 is 13.5 Å². The fraction of sp³-hybridized carbons (Fsp3) is 0.273. The second-order valence-electron chi connectivity index (χ2n) is 8.19. The maximum absolute atomic E-state index is 12.8. The van der Waals surface area contributed by atoms with Crippen molar-refractivity contribution in [3.8, 4) is 11.1 Å². The van der Waals surface area contributed by atoms with Crippen LogP contribution in [0.5, 0.6) is 0 Å². The number of hydrogen-bond donors (Lipinski definition) is 5. The molecule has 12 heteroatoms. The van der Waals surface area contributed by atoms with Gasteiger partial charge in [-0.3, -0.25) is 14.1 Å². The number of nitrogens with one attached hydrogen (secondary N) is 1. The highest BCUT2D eigenvalue weighted by Crippen LogP contribution is 2.48. The number of phosphoric acid groups is 1. The molecule has 0 amide bonds. The Morgan fingerprint density at radius 3 is 2.18 bits per heavy atom. The quantitative estimate of drug-likeness (QED) is 0.202. The number of aliphatic hydroxyl groups excluding tert-OH is 2. The monoisotopic (exact) mass is 504 g/mol. The summed E-state index contributed by atoms with van der Waals surface area (Å²) in [6, 6.07) is 15.8. The molecule has 1 aromatic heterocycles. The minimum atomic E-state index is -4.82. The molecule has 0 radical (unpaired) electrons. The second-order valence-corrected chi connectivity index (χ2v) is 9.84. The summed E-state index contributed by atoms with van der Waals surface area (Å²) in [5.74, 6) is -0.278. The molecule has 3 aromatic rings. The molecule has 5 N–H and O–H groups in total. The van der Waals surface area contributed by atoms with Crippen molar-refractivity contribution in [1.29, 1.82) is 0 Å². The predicted octanol–water partition coefficient (Wildman–Crippen LogP) is 1.79. The van der Waals surface area contributed by atoms with Crippen LogP contribution in [0.15, 0.2) is 59.5 Å². The minimum absolute atomic E-state index is 0.229. The first-order valence-corrected chi connectivity index (χ1v) is 12.3. The van der Waals surface area contributed by atoms with Crippen molar-refractivity contribution in [2.45, 2.75) is 30.5 Å². The molecule has 1 aliphatic heterocycles. The molecule has 0 saturated carbocycles. The predicted molar refractivity (Wildman–Crippen MR) is 123 cm³/mol. The van der Waals surface area contributed by atoms with Gasteiger partial charge < -0.3 is 24.7 Å². The van der Waals surface area contributed by atoms with Gasteiger partial charge in [0, 0.05) is 17.7 Å². The molecule has 0 unspecified atom stereocenters. The molecular formula is C22H21N2O8PS. The number of H-pyrrole nitrogens is 1. The first kappa shape index (κ1) is 23.3. The summed E-state index contributed by atoms with van der Waals surface area (Å²) in [7, 11) is -4.82. The van der Waals surface area contributed by atoms with Crippen molar-refractivity contribution < 1.29 is 33.8 Å². The molecule has 5 rings (SSSR count). The van der Waals surface area contributed by atoms with Crippen LogP contribution in [0.3, 0.4) is 0 Å². The molecule has 10 nitrogen and oxygen atoms in total. The fourth-order valence-corrected chi connectivity index (χ4v) is 5.25. The normalized spacial score (nSPS) is 24.2.